The van der Waals surface area contributed by atoms with E-state index in [1.165, 1.54) is 0 Å². The molecule has 5 N–H and O–H groups in total. The van der Waals surface area contributed by atoms with Crippen LogP contribution in [0.25, 0.3) is 11.1 Å². The maximum Gasteiger partial charge on any atom is 0.296 e. The van der Waals surface area contributed by atoms with Crippen LogP contribution >= 0.6 is 0 Å². The van der Waals surface area contributed by atoms with Crippen molar-refractivity contribution in [3.05, 3.63) is 24.3 Å². The van der Waals surface area contributed by atoms with Crippen molar-refractivity contribution in [2.75, 3.05) is 11.9 Å². The largest absolute Gasteiger partial charge is 0.424 e. The monoisotopic (exact) mass is 565 g/mol. The Kier molecular flexibility index (Phi) is 7.46. The molecular formula is C31H43N5O5. The second-order valence-electron chi connectivity index (χ2n) is 13.4. The summed E-state index contributed by atoms with van der Waals surface area (Å²) in [5.41, 5.74) is 6.75. The van der Waals surface area contributed by atoms with Crippen LogP contribution in [0.2, 0.25) is 0 Å². The SMILES string of the molecule is CC1(C)[C@@H]2[C@@H](C(=O)NC(CC3CCC3)C(O)C(N)=O)N(C(=O)[C@@H](Nc3nc4ccccc4o3)C3CCCCC3)C[C@@H]21. The summed E-state index contributed by atoms with van der Waals surface area (Å²) in [5.74, 6) is -0.612. The van der Waals surface area contributed by atoms with E-state index in [0.717, 1.165) is 56.9 Å². The van der Waals surface area contributed by atoms with Crippen molar-refractivity contribution in [2.45, 2.75) is 95.9 Å². The first-order valence-corrected chi connectivity index (χ1v) is 15.4. The number of para-hydroxylation sites is 2. The van der Waals surface area contributed by atoms with Gasteiger partial charge < -0.3 is 30.8 Å². The van der Waals surface area contributed by atoms with E-state index in [2.05, 4.69) is 29.5 Å². The van der Waals surface area contributed by atoms with Crippen LogP contribution in [0, 0.1) is 29.1 Å². The van der Waals surface area contributed by atoms with Crippen LogP contribution in [0.3, 0.4) is 0 Å². The number of benzene rings is 1. The van der Waals surface area contributed by atoms with Crippen molar-refractivity contribution < 1.29 is 23.9 Å². The number of oxazole rings is 1. The van der Waals surface area contributed by atoms with E-state index in [-0.39, 0.29) is 35.0 Å². The van der Waals surface area contributed by atoms with Gasteiger partial charge in [-0.15, -0.1) is 0 Å². The van der Waals surface area contributed by atoms with Crippen molar-refractivity contribution in [1.29, 1.82) is 0 Å². The first-order valence-electron chi connectivity index (χ1n) is 15.4. The molecule has 2 aromatic rings. The topological polar surface area (TPSA) is 151 Å². The van der Waals surface area contributed by atoms with Gasteiger partial charge >= 0.3 is 0 Å². The lowest BCUT2D eigenvalue weighted by atomic mass is 9.79. The van der Waals surface area contributed by atoms with Crippen LogP contribution in [0.5, 0.6) is 0 Å². The zero-order chi connectivity index (χ0) is 28.9. The molecular weight excluding hydrogens is 522 g/mol. The highest BCUT2D eigenvalue weighted by Gasteiger charge is 2.69. The van der Waals surface area contributed by atoms with Crippen LogP contribution in [0.4, 0.5) is 6.01 Å². The number of carbonyl (C=O) groups excluding carboxylic acids is 3. The number of aliphatic hydroxyl groups is 1. The second kappa shape index (κ2) is 10.9. The fourth-order valence-corrected chi connectivity index (χ4v) is 7.73. The summed E-state index contributed by atoms with van der Waals surface area (Å²) in [4.78, 5) is 46.6. The number of carbonyl (C=O) groups is 3. The van der Waals surface area contributed by atoms with Gasteiger partial charge in [-0.3, -0.25) is 14.4 Å². The number of anilines is 1. The van der Waals surface area contributed by atoms with E-state index in [1.807, 2.05) is 24.3 Å². The molecule has 41 heavy (non-hydrogen) atoms. The molecule has 1 aliphatic heterocycles. The Labute approximate surface area is 240 Å². The van der Waals surface area contributed by atoms with Gasteiger partial charge in [-0.2, -0.15) is 4.98 Å². The fraction of sp³-hybridized carbons (Fsp3) is 0.677. The summed E-state index contributed by atoms with van der Waals surface area (Å²) in [6.07, 6.45) is 7.25. The third-order valence-electron chi connectivity index (χ3n) is 10.5. The van der Waals surface area contributed by atoms with Crippen LogP contribution in [-0.2, 0) is 14.4 Å². The third-order valence-corrected chi connectivity index (χ3v) is 10.5. The number of amides is 3. The molecule has 0 bridgehead atoms. The Balaban J connectivity index is 1.25. The molecule has 10 heteroatoms. The van der Waals surface area contributed by atoms with Crippen molar-refractivity contribution in [3.8, 4) is 0 Å². The summed E-state index contributed by atoms with van der Waals surface area (Å²) in [6, 6.07) is 5.80. The predicted octanol–water partition coefficient (Wildman–Crippen LogP) is 3.19. The minimum Gasteiger partial charge on any atom is -0.424 e. The molecule has 10 nitrogen and oxygen atoms in total. The molecule has 222 valence electrons. The highest BCUT2D eigenvalue weighted by Crippen LogP contribution is 2.65. The molecule has 3 aliphatic carbocycles. The molecule has 6 rings (SSSR count). The molecule has 3 saturated carbocycles. The van der Waals surface area contributed by atoms with Crippen LogP contribution < -0.4 is 16.4 Å². The number of nitrogens with zero attached hydrogens (tertiary/aromatic N) is 2. The zero-order valence-electron chi connectivity index (χ0n) is 24.1. The summed E-state index contributed by atoms with van der Waals surface area (Å²) in [5, 5.41) is 16.9. The first kappa shape index (κ1) is 28.0. The van der Waals surface area contributed by atoms with Gasteiger partial charge in [0.1, 0.15) is 17.6 Å². The number of aromatic nitrogens is 1. The molecule has 3 amide bonds. The Morgan fingerprint density at radius 3 is 2.51 bits per heavy atom. The van der Waals surface area contributed by atoms with Crippen molar-refractivity contribution in [3.63, 3.8) is 0 Å². The fourth-order valence-electron chi connectivity index (χ4n) is 7.73. The van der Waals surface area contributed by atoms with E-state index in [4.69, 9.17) is 10.2 Å². The molecule has 0 spiro atoms. The molecule has 0 radical (unpaired) electrons. The van der Waals surface area contributed by atoms with Gasteiger partial charge in [0.25, 0.3) is 6.01 Å². The number of hydrogen-bond donors (Lipinski definition) is 4. The van der Waals surface area contributed by atoms with E-state index in [0.29, 0.717) is 30.5 Å². The average Bonchev–Trinajstić information content (AvgIpc) is 3.29. The second-order valence-corrected chi connectivity index (χ2v) is 13.4. The van der Waals surface area contributed by atoms with Gasteiger partial charge in [-0.1, -0.05) is 64.5 Å². The van der Waals surface area contributed by atoms with Crippen molar-refractivity contribution in [2.24, 2.45) is 34.8 Å². The van der Waals surface area contributed by atoms with E-state index in [9.17, 15) is 19.5 Å². The van der Waals surface area contributed by atoms with Crippen LogP contribution in [-0.4, -0.2) is 63.5 Å². The minimum atomic E-state index is -1.47. The van der Waals surface area contributed by atoms with Gasteiger partial charge in [0.15, 0.2) is 11.7 Å². The summed E-state index contributed by atoms with van der Waals surface area (Å²) in [7, 11) is 0. The molecule has 1 saturated heterocycles. The number of fused-ring (bicyclic) bond motifs is 2. The Morgan fingerprint density at radius 2 is 1.85 bits per heavy atom. The van der Waals surface area contributed by atoms with Gasteiger partial charge in [-0.05, 0) is 60.5 Å². The third kappa shape index (κ3) is 5.31. The normalized spacial score (nSPS) is 27.9. The number of rotatable bonds is 10. The zero-order valence-corrected chi connectivity index (χ0v) is 24.1. The number of piperidine rings is 1. The van der Waals surface area contributed by atoms with Crippen molar-refractivity contribution >= 4 is 34.8 Å². The predicted molar refractivity (Wildman–Crippen MR) is 153 cm³/mol. The molecule has 2 heterocycles. The van der Waals surface area contributed by atoms with Crippen molar-refractivity contribution in [1.82, 2.24) is 15.2 Å². The maximum absolute atomic E-state index is 14.4. The molecule has 1 aromatic heterocycles. The maximum atomic E-state index is 14.4. The smallest absolute Gasteiger partial charge is 0.296 e. The summed E-state index contributed by atoms with van der Waals surface area (Å²) >= 11 is 0. The van der Waals surface area contributed by atoms with Crippen LogP contribution in [0.15, 0.2) is 28.7 Å². The number of likely N-dealkylation sites (tertiary alicyclic amines) is 1. The lowest BCUT2D eigenvalue weighted by Crippen LogP contribution is -2.59. The van der Waals surface area contributed by atoms with Gasteiger partial charge in [-0.25, -0.2) is 0 Å². The molecule has 4 aliphatic rings. The highest BCUT2D eigenvalue weighted by molar-refractivity contribution is 5.93. The number of aliphatic hydroxyl groups excluding tert-OH is 1. The lowest BCUT2D eigenvalue weighted by molar-refractivity contribution is -0.143. The summed E-state index contributed by atoms with van der Waals surface area (Å²) < 4.78 is 5.95. The van der Waals surface area contributed by atoms with E-state index >= 15 is 0 Å². The highest BCUT2D eigenvalue weighted by atomic mass is 16.4. The number of primary amides is 1. The number of nitrogens with one attached hydrogen (secondary N) is 2. The first-order chi connectivity index (χ1) is 19.6. The van der Waals surface area contributed by atoms with Gasteiger partial charge in [0.2, 0.25) is 17.7 Å². The average molecular weight is 566 g/mol. The van der Waals surface area contributed by atoms with E-state index in [1.54, 1.807) is 4.90 Å². The molecule has 1 aromatic carbocycles. The van der Waals surface area contributed by atoms with E-state index < -0.39 is 30.1 Å². The molecule has 4 fully saturated rings. The van der Waals surface area contributed by atoms with Gasteiger partial charge in [0.05, 0.1) is 6.04 Å². The summed E-state index contributed by atoms with van der Waals surface area (Å²) in [6.45, 7) is 4.78. The molecule has 2 unspecified atom stereocenters. The Hall–Kier alpha value is -3.14. The van der Waals surface area contributed by atoms with Gasteiger partial charge in [0, 0.05) is 6.54 Å². The quantitative estimate of drug-likeness (QED) is 0.345. The standard InChI is InChI=1S/C31H43N5O5/c1-31(2)19-16-36(25(23(19)31)28(39)33-21(26(37)27(32)38)15-17-9-8-10-17)29(40)24(18-11-4-3-5-12-18)35-30-34-20-13-6-7-14-22(20)41-30/h6-7,13-14,17-19,21,23-26,37H,3-5,8-12,15-16H2,1-2H3,(H2,32,38)(H,33,39)(H,34,35)/t19-,21?,23-,24-,25-,26?/m0/s1. The molecule has 6 atom stereocenters. The Bertz CT molecular complexity index is 1270. The van der Waals surface area contributed by atoms with Crippen LogP contribution in [0.1, 0.15) is 71.6 Å². The number of hydrogen-bond acceptors (Lipinski definition) is 7. The Morgan fingerprint density at radius 1 is 1.12 bits per heavy atom. The number of nitrogens with two attached hydrogens (primary N) is 1. The minimum absolute atomic E-state index is 0.0119. The lowest BCUT2D eigenvalue weighted by Gasteiger charge is -2.37.